The molecule has 0 aromatic carbocycles. The van der Waals surface area contributed by atoms with Gasteiger partial charge in [0, 0.05) is 24.2 Å². The molecule has 4 heterocycles. The van der Waals surface area contributed by atoms with Crippen LogP contribution < -0.4 is 0 Å². The van der Waals surface area contributed by atoms with Crippen molar-refractivity contribution in [1.29, 1.82) is 0 Å². The highest BCUT2D eigenvalue weighted by Crippen LogP contribution is 2.80. The molecule has 0 radical (unpaired) electrons. The molecule has 0 aromatic heterocycles. The first kappa shape index (κ1) is 34.6. The van der Waals surface area contributed by atoms with Gasteiger partial charge in [0.1, 0.15) is 60.5 Å². The third kappa shape index (κ3) is 4.87. The Hall–Kier alpha value is -1.49. The Morgan fingerprint density at radius 2 is 1.69 bits per heavy atom. The van der Waals surface area contributed by atoms with Gasteiger partial charge in [0.15, 0.2) is 12.6 Å². The molecule has 274 valence electrons. The Bertz CT molecular complexity index is 1380. The number of aliphatic hydroxyl groups excluding tert-OH is 5. The van der Waals surface area contributed by atoms with E-state index < -0.39 is 68.0 Å². The lowest BCUT2D eigenvalue weighted by Gasteiger charge is -2.58. The van der Waals surface area contributed by atoms with E-state index in [-0.39, 0.29) is 34.1 Å². The molecular formula is C36H52O13. The second-order valence-corrected chi connectivity index (χ2v) is 16.3. The zero-order chi connectivity index (χ0) is 34.7. The molecule has 0 amide bonds. The number of cyclic esters (lactones) is 1. The van der Waals surface area contributed by atoms with Gasteiger partial charge in [-0.1, -0.05) is 19.9 Å². The van der Waals surface area contributed by atoms with E-state index in [1.807, 2.05) is 0 Å². The largest absolute Gasteiger partial charge is 0.458 e. The first-order chi connectivity index (χ1) is 23.3. The molecule has 17 atom stereocenters. The predicted octanol–water partition coefficient (Wildman–Crippen LogP) is 1.02. The number of aliphatic hydroxyl groups is 5. The quantitative estimate of drug-likeness (QED) is 0.145. The third-order valence-corrected chi connectivity index (χ3v) is 14.2. The molecule has 5 N–H and O–H groups in total. The van der Waals surface area contributed by atoms with Crippen molar-refractivity contribution in [1.82, 2.24) is 0 Å². The van der Waals surface area contributed by atoms with Gasteiger partial charge in [-0.3, -0.25) is 0 Å². The van der Waals surface area contributed by atoms with Gasteiger partial charge < -0.3 is 58.7 Å². The number of hydrogen-bond acceptors (Lipinski definition) is 13. The Labute approximate surface area is 286 Å². The summed E-state index contributed by atoms with van der Waals surface area (Å²) in [6.45, 7) is 6.30. The summed E-state index contributed by atoms with van der Waals surface area (Å²) < 4.78 is 42.2. The van der Waals surface area contributed by atoms with Crippen molar-refractivity contribution in [2.45, 2.75) is 151 Å². The Morgan fingerprint density at radius 3 is 2.41 bits per heavy atom. The van der Waals surface area contributed by atoms with E-state index in [0.29, 0.717) is 18.4 Å². The van der Waals surface area contributed by atoms with E-state index >= 15 is 0 Å². The van der Waals surface area contributed by atoms with Gasteiger partial charge >= 0.3 is 5.97 Å². The number of carbonyl (C=O) groups is 1. The summed E-state index contributed by atoms with van der Waals surface area (Å²) in [5.74, 6) is 0.612. The average molecular weight is 693 g/mol. The molecule has 3 saturated carbocycles. The Balaban J connectivity index is 0.917. The van der Waals surface area contributed by atoms with Crippen molar-refractivity contribution in [3.63, 3.8) is 0 Å². The maximum Gasteiger partial charge on any atom is 0.331 e. The van der Waals surface area contributed by atoms with Gasteiger partial charge in [-0.15, -0.1) is 0 Å². The molecule has 8 aliphatic rings. The van der Waals surface area contributed by atoms with Crippen LogP contribution in [0.25, 0.3) is 0 Å². The first-order valence-corrected chi connectivity index (χ1v) is 18.1. The zero-order valence-electron chi connectivity index (χ0n) is 28.7. The summed E-state index contributed by atoms with van der Waals surface area (Å²) in [6.07, 6.45) is -0.346. The van der Waals surface area contributed by atoms with Crippen LogP contribution in [0.1, 0.15) is 72.1 Å². The van der Waals surface area contributed by atoms with Crippen LogP contribution in [0, 0.1) is 22.7 Å². The minimum atomic E-state index is -1.59. The summed E-state index contributed by atoms with van der Waals surface area (Å²) in [4.78, 5) is 11.9. The summed E-state index contributed by atoms with van der Waals surface area (Å²) in [6, 6.07) is 0. The van der Waals surface area contributed by atoms with E-state index in [2.05, 4.69) is 19.9 Å². The summed E-state index contributed by atoms with van der Waals surface area (Å²) in [5, 5.41) is 51.9. The monoisotopic (exact) mass is 692 g/mol. The molecule has 3 saturated heterocycles. The number of hydrogen-bond donors (Lipinski definition) is 5. The lowest BCUT2D eigenvalue weighted by molar-refractivity contribution is -0.362. The molecular weight excluding hydrogens is 640 g/mol. The number of rotatable bonds is 7. The van der Waals surface area contributed by atoms with Crippen molar-refractivity contribution in [3.8, 4) is 0 Å². The normalized spacial score (nSPS) is 55.0. The van der Waals surface area contributed by atoms with Crippen molar-refractivity contribution < 1.29 is 63.5 Å². The van der Waals surface area contributed by atoms with Crippen molar-refractivity contribution in [2.24, 2.45) is 22.7 Å². The Morgan fingerprint density at radius 1 is 0.918 bits per heavy atom. The molecule has 13 nitrogen and oxygen atoms in total. The SMILES string of the molecule is CO[C@H]1[C@@H](O)[C@H](O[C@H]2CC[C@@]3(C)[C@@H](CC[C@@]45O[C@@]46CC=C(C4=CC(=O)OC4)[C@@]6(C)CC[C@H]35)C2)O[C@H](C)[C@@H]1O[C@@H]1O[C@H](CO)[C@@H](O)[C@H](O)[C@H]1O. The molecule has 13 heteroatoms. The molecule has 6 fully saturated rings. The molecule has 0 unspecified atom stereocenters. The highest BCUT2D eigenvalue weighted by molar-refractivity contribution is 5.87. The van der Waals surface area contributed by atoms with Crippen molar-refractivity contribution in [2.75, 3.05) is 20.3 Å². The standard InChI is InChI=1S/C36H52O13/c1-17-29(48-31-27(41)26(40)25(39)22(15-37)47-31)30(43-4)28(42)32(45-17)46-20-6-9-33(2)19(14-20)5-11-35-23(33)8-10-34(3)21(7-12-36(34,35)49-35)18-13-24(38)44-16-18/h7,13,17,19-20,22-23,25-32,37,39-42H,5-6,8-12,14-16H2,1-4H3/t17-,19+,20+,22-,23-,25-,26+,27-,28-,29+,30+,31+,32+,33+,34-,35+,36-/m1/s1. The maximum absolute atomic E-state index is 11.9. The molecule has 8 rings (SSSR count). The fourth-order valence-electron chi connectivity index (χ4n) is 11.5. The van der Waals surface area contributed by atoms with Gasteiger partial charge in [0.25, 0.3) is 0 Å². The second kappa shape index (κ2) is 12.0. The van der Waals surface area contributed by atoms with E-state index in [1.54, 1.807) is 13.0 Å². The van der Waals surface area contributed by atoms with E-state index in [9.17, 15) is 30.3 Å². The van der Waals surface area contributed by atoms with Crippen LogP contribution in [0.4, 0.5) is 0 Å². The average Bonchev–Trinajstić information content (AvgIpc) is 3.39. The molecule has 4 aliphatic carbocycles. The Kier molecular flexibility index (Phi) is 8.49. The number of fused-ring (bicyclic) bond motifs is 2. The van der Waals surface area contributed by atoms with Crippen molar-refractivity contribution >= 4 is 5.97 Å². The summed E-state index contributed by atoms with van der Waals surface area (Å²) in [5.41, 5.74) is 1.85. The number of epoxide rings is 1. The maximum atomic E-state index is 11.9. The summed E-state index contributed by atoms with van der Waals surface area (Å²) >= 11 is 0. The lowest BCUT2D eigenvalue weighted by Crippen LogP contribution is -2.64. The minimum absolute atomic E-state index is 0.0934. The lowest BCUT2D eigenvalue weighted by atomic mass is 9.44. The van der Waals surface area contributed by atoms with Crippen LogP contribution in [-0.4, -0.2) is 131 Å². The zero-order valence-corrected chi connectivity index (χ0v) is 28.7. The molecule has 4 aliphatic heterocycles. The molecule has 49 heavy (non-hydrogen) atoms. The van der Waals surface area contributed by atoms with Crippen LogP contribution in [0.15, 0.2) is 23.3 Å². The van der Waals surface area contributed by atoms with Crippen LogP contribution in [0.5, 0.6) is 0 Å². The fraction of sp³-hybridized carbons (Fsp3) is 0.861. The highest BCUT2D eigenvalue weighted by atomic mass is 16.7. The number of esters is 1. The smallest absolute Gasteiger partial charge is 0.331 e. The highest BCUT2D eigenvalue weighted by Gasteiger charge is 2.85. The van der Waals surface area contributed by atoms with E-state index in [0.717, 1.165) is 56.9 Å². The van der Waals surface area contributed by atoms with Gasteiger partial charge in [-0.05, 0) is 81.1 Å². The van der Waals surface area contributed by atoms with Crippen LogP contribution in [0.2, 0.25) is 0 Å². The minimum Gasteiger partial charge on any atom is -0.458 e. The van der Waals surface area contributed by atoms with Gasteiger partial charge in [0.2, 0.25) is 0 Å². The fourth-order valence-corrected chi connectivity index (χ4v) is 11.5. The van der Waals surface area contributed by atoms with E-state index in [1.165, 1.54) is 12.7 Å². The van der Waals surface area contributed by atoms with E-state index in [4.69, 9.17) is 33.2 Å². The molecule has 0 aromatic rings. The number of ether oxygens (including phenoxy) is 7. The second-order valence-electron chi connectivity index (χ2n) is 16.3. The third-order valence-electron chi connectivity index (χ3n) is 14.2. The first-order valence-electron chi connectivity index (χ1n) is 18.1. The predicted molar refractivity (Wildman–Crippen MR) is 168 cm³/mol. The number of methoxy groups -OCH3 is 1. The van der Waals surface area contributed by atoms with Crippen LogP contribution in [-0.2, 0) is 38.0 Å². The summed E-state index contributed by atoms with van der Waals surface area (Å²) in [7, 11) is 1.44. The molecule has 2 spiro atoms. The van der Waals surface area contributed by atoms with Gasteiger partial charge in [0.05, 0.1) is 18.8 Å². The van der Waals surface area contributed by atoms with Crippen molar-refractivity contribution in [3.05, 3.63) is 23.3 Å². The van der Waals surface area contributed by atoms with Crippen LogP contribution in [0.3, 0.4) is 0 Å². The number of carbonyl (C=O) groups excluding carboxylic acids is 1. The van der Waals surface area contributed by atoms with Crippen LogP contribution >= 0.6 is 0 Å². The van der Waals surface area contributed by atoms with Gasteiger partial charge in [-0.2, -0.15) is 0 Å². The molecule has 0 bridgehead atoms. The topological polar surface area (TPSA) is 186 Å². The van der Waals surface area contributed by atoms with Gasteiger partial charge in [-0.25, -0.2) is 4.79 Å².